The Kier molecular flexibility index (Phi) is 10.8. The second-order valence-electron chi connectivity index (χ2n) is 10.3. The summed E-state index contributed by atoms with van der Waals surface area (Å²) in [7, 11) is -16.2. The SMILES string of the molecule is NC(=S)c1ccc[n+]([C@@H]2O[C@H](COP(=O)(O)OP(=O)(O)OC[C@H]3O[C@@H](n4cnc5c(N)ncnc54)[C@H](OP(=O)(O)O)[C@@H]3O)[C@@H](O)[C@H]2O)c1. The van der Waals surface area contributed by atoms with E-state index in [1.165, 1.54) is 17.0 Å². The van der Waals surface area contributed by atoms with Crippen LogP contribution in [0, 0.1) is 0 Å². The second-order valence-corrected chi connectivity index (χ2v) is 14.9. The van der Waals surface area contributed by atoms with Crippen molar-refractivity contribution in [1.29, 1.82) is 0 Å². The predicted octanol–water partition coefficient (Wildman–Crippen LogP) is -2.36. The highest BCUT2D eigenvalue weighted by Gasteiger charge is 2.51. The van der Waals surface area contributed by atoms with E-state index in [1.807, 2.05) is 0 Å². The number of hydrogen-bond acceptors (Lipinski definition) is 17. The molecule has 2 unspecified atom stereocenters. The van der Waals surface area contributed by atoms with E-state index < -0.39 is 85.8 Å². The van der Waals surface area contributed by atoms with Crippen LogP contribution in [0.2, 0.25) is 0 Å². The maximum absolute atomic E-state index is 12.6. The van der Waals surface area contributed by atoms with Crippen molar-refractivity contribution in [2.24, 2.45) is 5.73 Å². The van der Waals surface area contributed by atoms with Crippen LogP contribution >= 0.6 is 35.7 Å². The summed E-state index contributed by atoms with van der Waals surface area (Å²) in [5, 5.41) is 31.6. The van der Waals surface area contributed by atoms with Crippen molar-refractivity contribution in [1.82, 2.24) is 19.5 Å². The van der Waals surface area contributed by atoms with Crippen LogP contribution < -0.4 is 16.0 Å². The Bertz CT molecular complexity index is 1820. The summed E-state index contributed by atoms with van der Waals surface area (Å²) in [4.78, 5) is 50.8. The van der Waals surface area contributed by atoms with Gasteiger partial charge in [-0.05, 0) is 6.07 Å². The van der Waals surface area contributed by atoms with E-state index in [9.17, 15) is 48.6 Å². The molecular weight excluding hydrogens is 731 g/mol. The first-order valence-electron chi connectivity index (χ1n) is 13.3. The molecule has 0 saturated carbocycles. The molecule has 10 atom stereocenters. The zero-order chi connectivity index (χ0) is 35.2. The number of rotatable bonds is 13. The molecule has 3 aromatic heterocycles. The molecule has 2 saturated heterocycles. The molecule has 5 rings (SSSR count). The second kappa shape index (κ2) is 14.1. The number of fused-ring (bicyclic) bond motifs is 1. The van der Waals surface area contributed by atoms with Gasteiger partial charge < -0.3 is 55.8 Å². The average molecular weight is 760 g/mol. The maximum atomic E-state index is 12.6. The number of ether oxygens (including phenoxy) is 2. The van der Waals surface area contributed by atoms with Gasteiger partial charge in [0.25, 0.3) is 6.23 Å². The first-order valence-corrected chi connectivity index (χ1v) is 18.3. The number of nitrogen functional groups attached to an aromatic ring is 1. The maximum Gasteiger partial charge on any atom is 0.481 e. The van der Waals surface area contributed by atoms with Gasteiger partial charge in [0.15, 0.2) is 36.2 Å². The number of aliphatic hydroxyl groups is 3. The Morgan fingerprint density at radius 2 is 1.62 bits per heavy atom. The Hall–Kier alpha value is -2.44. The van der Waals surface area contributed by atoms with E-state index in [-0.39, 0.29) is 22.0 Å². The fourth-order valence-corrected chi connectivity index (χ4v) is 7.59. The molecule has 2 aliphatic heterocycles. The van der Waals surface area contributed by atoms with Crippen molar-refractivity contribution in [3.05, 3.63) is 42.7 Å². The molecule has 0 aliphatic carbocycles. The normalized spacial score (nSPS) is 30.3. The van der Waals surface area contributed by atoms with Crippen molar-refractivity contribution in [3.63, 3.8) is 0 Å². The highest BCUT2D eigenvalue weighted by Crippen LogP contribution is 2.61. The number of pyridine rings is 1. The van der Waals surface area contributed by atoms with Gasteiger partial charge >= 0.3 is 23.5 Å². The minimum absolute atomic E-state index is 0.0112. The topological polar surface area (TPSA) is 348 Å². The Morgan fingerprint density at radius 1 is 0.979 bits per heavy atom. The van der Waals surface area contributed by atoms with Crippen LogP contribution in [0.15, 0.2) is 37.2 Å². The molecule has 11 N–H and O–H groups in total. The summed E-state index contributed by atoms with van der Waals surface area (Å²) in [5.74, 6) is -0.0510. The Labute approximate surface area is 274 Å². The van der Waals surface area contributed by atoms with Gasteiger partial charge in [-0.2, -0.15) is 8.88 Å². The lowest BCUT2D eigenvalue weighted by atomic mass is 10.1. The molecule has 2 fully saturated rings. The highest BCUT2D eigenvalue weighted by atomic mass is 32.1. The Balaban J connectivity index is 1.21. The van der Waals surface area contributed by atoms with Crippen molar-refractivity contribution in [3.8, 4) is 0 Å². The number of nitrogens with zero attached hydrogens (tertiary/aromatic N) is 5. The third-order valence-electron chi connectivity index (χ3n) is 6.98. The fraction of sp³-hybridized carbons (Fsp3) is 0.476. The fourth-order valence-electron chi connectivity index (χ4n) is 4.83. The molecule has 48 heavy (non-hydrogen) atoms. The number of anilines is 1. The van der Waals surface area contributed by atoms with E-state index in [4.69, 9.17) is 46.7 Å². The van der Waals surface area contributed by atoms with Crippen molar-refractivity contribution < 1.29 is 80.5 Å². The molecule has 3 aromatic rings. The molecule has 0 spiro atoms. The van der Waals surface area contributed by atoms with Gasteiger partial charge in [0.2, 0.25) is 0 Å². The van der Waals surface area contributed by atoms with Gasteiger partial charge in [0, 0.05) is 6.07 Å². The molecule has 27 heteroatoms. The zero-order valence-electron chi connectivity index (χ0n) is 23.9. The predicted molar refractivity (Wildman–Crippen MR) is 158 cm³/mol. The van der Waals surface area contributed by atoms with E-state index >= 15 is 0 Å². The molecule has 23 nitrogen and oxygen atoms in total. The number of aliphatic hydroxyl groups excluding tert-OH is 3. The molecule has 0 amide bonds. The summed E-state index contributed by atoms with van der Waals surface area (Å²) < 4.78 is 68.7. The van der Waals surface area contributed by atoms with Crippen molar-refractivity contribution in [2.45, 2.75) is 49.1 Å². The minimum Gasteiger partial charge on any atom is -0.389 e. The lowest BCUT2D eigenvalue weighted by Gasteiger charge is -2.22. The zero-order valence-corrected chi connectivity index (χ0v) is 27.4. The van der Waals surface area contributed by atoms with Crippen LogP contribution in [-0.2, 0) is 41.1 Å². The van der Waals surface area contributed by atoms with Gasteiger partial charge in [-0.1, -0.05) is 12.2 Å². The quantitative estimate of drug-likeness (QED) is 0.0499. The van der Waals surface area contributed by atoms with Gasteiger partial charge in [-0.15, -0.1) is 0 Å². The third kappa shape index (κ3) is 8.29. The molecule has 264 valence electrons. The van der Waals surface area contributed by atoms with E-state index in [1.54, 1.807) is 12.1 Å². The third-order valence-corrected chi connectivity index (χ3v) is 10.3. The van der Waals surface area contributed by atoms with Crippen LogP contribution in [-0.4, -0.2) is 109 Å². The number of nitrogens with two attached hydrogens (primary N) is 2. The van der Waals surface area contributed by atoms with Gasteiger partial charge in [-0.25, -0.2) is 28.6 Å². The van der Waals surface area contributed by atoms with E-state index in [0.717, 1.165) is 17.2 Å². The molecule has 5 heterocycles. The summed E-state index contributed by atoms with van der Waals surface area (Å²) >= 11 is 4.92. The summed E-state index contributed by atoms with van der Waals surface area (Å²) in [5.41, 5.74) is 11.9. The summed E-state index contributed by atoms with van der Waals surface area (Å²) in [6.07, 6.45) is -7.76. The highest BCUT2D eigenvalue weighted by molar-refractivity contribution is 7.80. The number of aromatic nitrogens is 5. The number of thiocarbonyl (C=S) groups is 1. The van der Waals surface area contributed by atoms with Crippen LogP contribution in [0.1, 0.15) is 18.0 Å². The lowest BCUT2D eigenvalue weighted by molar-refractivity contribution is -0.765. The van der Waals surface area contributed by atoms with Gasteiger partial charge in [0.1, 0.15) is 47.4 Å². The van der Waals surface area contributed by atoms with Crippen LogP contribution in [0.5, 0.6) is 0 Å². The molecular formula is C21H29N7O16P3S+. The molecule has 0 aromatic carbocycles. The first-order chi connectivity index (χ1) is 22.4. The summed E-state index contributed by atoms with van der Waals surface area (Å²) in [6, 6.07) is 3.13. The van der Waals surface area contributed by atoms with Gasteiger partial charge in [0.05, 0.1) is 25.1 Å². The van der Waals surface area contributed by atoms with Gasteiger partial charge in [-0.3, -0.25) is 18.1 Å². The average Bonchev–Trinajstić information content (AvgIpc) is 3.64. The standard InChI is InChI=1S/C21H28N7O16P3S/c22-17-12-19(25-7-24-17)28(8-26-12)21-16(43-45(32,33)34)14(30)11(42-21)6-40-47(37,38)44-46(35,36)39-5-10-13(29)15(31)20(41-10)27-3-1-2-9(4-27)18(23)48/h1-4,7-8,10-11,13-16,20-21,29-31H,5-6H2,(H7-,22,23,24,25,32,33,34,35,36,37,38,48)/p+1/t10-,11-,13-,14-,15-,16-,20-,21-/m1/s1. The van der Waals surface area contributed by atoms with Crippen LogP contribution in [0.3, 0.4) is 0 Å². The molecule has 0 bridgehead atoms. The minimum atomic E-state index is -5.50. The number of phosphoric acid groups is 3. The number of hydrogen-bond donors (Lipinski definition) is 9. The monoisotopic (exact) mass is 760 g/mol. The van der Waals surface area contributed by atoms with Crippen LogP contribution in [0.4, 0.5) is 5.82 Å². The van der Waals surface area contributed by atoms with Crippen LogP contribution in [0.25, 0.3) is 11.2 Å². The number of imidazole rings is 1. The largest absolute Gasteiger partial charge is 0.481 e. The smallest absolute Gasteiger partial charge is 0.389 e. The number of phosphoric ester groups is 3. The lowest BCUT2D eigenvalue weighted by Crippen LogP contribution is -2.46. The first kappa shape index (κ1) is 36.8. The van der Waals surface area contributed by atoms with Crippen molar-refractivity contribution >= 4 is 57.7 Å². The summed E-state index contributed by atoms with van der Waals surface area (Å²) in [6.45, 7) is -1.98. The molecule has 0 radical (unpaired) electrons. The Morgan fingerprint density at radius 3 is 2.25 bits per heavy atom. The van der Waals surface area contributed by atoms with E-state index in [2.05, 4.69) is 19.3 Å². The van der Waals surface area contributed by atoms with Crippen molar-refractivity contribution in [2.75, 3.05) is 18.9 Å². The molecule has 2 aliphatic rings. The van der Waals surface area contributed by atoms with E-state index in [0.29, 0.717) is 5.56 Å².